The van der Waals surface area contributed by atoms with Crippen molar-refractivity contribution in [3.05, 3.63) is 70.0 Å². The Labute approximate surface area is 169 Å². The molecule has 0 bridgehead atoms. The van der Waals surface area contributed by atoms with E-state index in [1.807, 2.05) is 63.2 Å². The summed E-state index contributed by atoms with van der Waals surface area (Å²) in [6.45, 7) is 6.96. The predicted octanol–water partition coefficient (Wildman–Crippen LogP) is 3.91. The Hall–Kier alpha value is -2.60. The molecular formula is C22H25N3O2S. The summed E-state index contributed by atoms with van der Waals surface area (Å²) in [5.74, 6) is -0.0731. The number of aromatic nitrogens is 2. The summed E-state index contributed by atoms with van der Waals surface area (Å²) in [6, 6.07) is 15.4. The van der Waals surface area contributed by atoms with Crippen LogP contribution in [0.1, 0.15) is 31.4 Å². The largest absolute Gasteiger partial charge is 0.351 e. The fraction of sp³-hybridized carbons (Fsp3) is 0.318. The van der Waals surface area contributed by atoms with Crippen LogP contribution in [0.25, 0.3) is 10.9 Å². The fourth-order valence-corrected chi connectivity index (χ4v) is 3.87. The van der Waals surface area contributed by atoms with E-state index < -0.39 is 0 Å². The van der Waals surface area contributed by atoms with Crippen molar-refractivity contribution in [2.45, 2.75) is 50.7 Å². The maximum Gasteiger partial charge on any atom is 0.262 e. The Balaban J connectivity index is 1.76. The number of carbonyl (C=O) groups excluding carboxylic acids is 1. The van der Waals surface area contributed by atoms with Crippen LogP contribution in [0.15, 0.2) is 58.5 Å². The molecule has 0 radical (unpaired) electrons. The summed E-state index contributed by atoms with van der Waals surface area (Å²) in [5, 5.41) is 3.80. The summed E-state index contributed by atoms with van der Waals surface area (Å²) in [4.78, 5) is 30.0. The number of nitrogens with zero attached hydrogens (tertiary/aromatic N) is 2. The van der Waals surface area contributed by atoms with Gasteiger partial charge in [0, 0.05) is 13.1 Å². The van der Waals surface area contributed by atoms with Crippen molar-refractivity contribution in [2.24, 2.45) is 0 Å². The first kappa shape index (κ1) is 20.1. The van der Waals surface area contributed by atoms with Crippen LogP contribution >= 0.6 is 11.8 Å². The molecule has 0 aliphatic heterocycles. The van der Waals surface area contributed by atoms with Gasteiger partial charge in [-0.2, -0.15) is 0 Å². The Morgan fingerprint density at radius 3 is 2.61 bits per heavy atom. The summed E-state index contributed by atoms with van der Waals surface area (Å²) >= 11 is 1.32. The Kier molecular flexibility index (Phi) is 6.52. The van der Waals surface area contributed by atoms with Crippen LogP contribution in [0.5, 0.6) is 0 Å². The molecule has 1 heterocycles. The molecule has 6 heteroatoms. The summed E-state index contributed by atoms with van der Waals surface area (Å²) < 4.78 is 1.68. The zero-order valence-corrected chi connectivity index (χ0v) is 17.3. The Bertz CT molecular complexity index is 1030. The molecule has 1 amide bonds. The number of nitrogens with one attached hydrogen (secondary N) is 1. The van der Waals surface area contributed by atoms with E-state index in [0.29, 0.717) is 29.1 Å². The first-order valence-electron chi connectivity index (χ1n) is 9.49. The minimum Gasteiger partial charge on any atom is -0.351 e. The number of amides is 1. The second-order valence-corrected chi connectivity index (χ2v) is 8.14. The molecule has 146 valence electrons. The number of thioether (sulfide) groups is 1. The second kappa shape index (κ2) is 9.06. The van der Waals surface area contributed by atoms with E-state index in [4.69, 9.17) is 0 Å². The zero-order valence-electron chi connectivity index (χ0n) is 16.4. The molecular weight excluding hydrogens is 370 g/mol. The normalized spacial score (nSPS) is 12.1. The molecule has 0 saturated carbocycles. The molecule has 3 aromatic rings. The molecule has 1 aromatic heterocycles. The van der Waals surface area contributed by atoms with E-state index in [1.54, 1.807) is 10.6 Å². The van der Waals surface area contributed by atoms with E-state index in [9.17, 15) is 9.59 Å². The molecule has 0 aliphatic rings. The van der Waals surface area contributed by atoms with Crippen molar-refractivity contribution in [1.82, 2.24) is 14.9 Å². The maximum absolute atomic E-state index is 12.8. The van der Waals surface area contributed by atoms with Gasteiger partial charge in [0.05, 0.1) is 16.2 Å². The molecule has 1 unspecified atom stereocenters. The minimum absolute atomic E-state index is 0.0535. The molecule has 1 atom stereocenters. The minimum atomic E-state index is -0.360. The molecule has 1 N–H and O–H groups in total. The third-order valence-corrected chi connectivity index (χ3v) is 5.60. The highest BCUT2D eigenvalue weighted by molar-refractivity contribution is 8.00. The van der Waals surface area contributed by atoms with Gasteiger partial charge >= 0.3 is 0 Å². The van der Waals surface area contributed by atoms with Gasteiger partial charge in [-0.15, -0.1) is 0 Å². The van der Waals surface area contributed by atoms with Crippen molar-refractivity contribution >= 4 is 28.6 Å². The van der Waals surface area contributed by atoms with Crippen LogP contribution in [0.4, 0.5) is 0 Å². The van der Waals surface area contributed by atoms with Crippen molar-refractivity contribution in [2.75, 3.05) is 0 Å². The van der Waals surface area contributed by atoms with E-state index >= 15 is 0 Å². The number of rotatable bonds is 7. The van der Waals surface area contributed by atoms with Crippen molar-refractivity contribution < 1.29 is 4.79 Å². The molecule has 0 spiro atoms. The van der Waals surface area contributed by atoms with Crippen LogP contribution < -0.4 is 10.9 Å². The summed E-state index contributed by atoms with van der Waals surface area (Å²) in [6.07, 6.45) is 0.821. The fourth-order valence-electron chi connectivity index (χ4n) is 2.91. The molecule has 0 aliphatic carbocycles. The average Bonchev–Trinajstić information content (AvgIpc) is 2.70. The molecule has 28 heavy (non-hydrogen) atoms. The lowest BCUT2D eigenvalue weighted by molar-refractivity contribution is -0.120. The smallest absolute Gasteiger partial charge is 0.262 e. The number of benzene rings is 2. The highest BCUT2D eigenvalue weighted by Crippen LogP contribution is 2.23. The standard InChI is InChI=1S/C22H25N3O2S/c1-4-13-25-21(27)18-7-5-6-8-19(18)24-22(25)28-16(3)20(26)23-14-17-11-9-15(2)10-12-17/h5-12,16H,4,13-14H2,1-3H3,(H,23,26). The van der Waals surface area contributed by atoms with Crippen LogP contribution in [-0.4, -0.2) is 20.7 Å². The molecule has 0 fully saturated rings. The number of fused-ring (bicyclic) bond motifs is 1. The van der Waals surface area contributed by atoms with Crippen LogP contribution in [0, 0.1) is 6.92 Å². The van der Waals surface area contributed by atoms with Gasteiger partial charge in [0.25, 0.3) is 5.56 Å². The monoisotopic (exact) mass is 395 g/mol. The van der Waals surface area contributed by atoms with Crippen molar-refractivity contribution in [3.63, 3.8) is 0 Å². The quantitative estimate of drug-likeness (QED) is 0.487. The van der Waals surface area contributed by atoms with Gasteiger partial charge in [0.1, 0.15) is 0 Å². The second-order valence-electron chi connectivity index (χ2n) is 6.83. The van der Waals surface area contributed by atoms with E-state index in [0.717, 1.165) is 12.0 Å². The average molecular weight is 396 g/mol. The molecule has 0 saturated heterocycles. The lowest BCUT2D eigenvalue weighted by Gasteiger charge is -2.16. The predicted molar refractivity (Wildman–Crippen MR) is 115 cm³/mol. The van der Waals surface area contributed by atoms with Crippen molar-refractivity contribution in [3.8, 4) is 0 Å². The molecule has 5 nitrogen and oxygen atoms in total. The zero-order chi connectivity index (χ0) is 20.1. The van der Waals surface area contributed by atoms with E-state index in [2.05, 4.69) is 10.3 Å². The van der Waals surface area contributed by atoms with Gasteiger partial charge in [0.15, 0.2) is 5.16 Å². The number of hydrogen-bond acceptors (Lipinski definition) is 4. The highest BCUT2D eigenvalue weighted by atomic mass is 32.2. The van der Waals surface area contributed by atoms with Crippen molar-refractivity contribution in [1.29, 1.82) is 0 Å². The third kappa shape index (κ3) is 4.62. The van der Waals surface area contributed by atoms with Gasteiger partial charge in [0.2, 0.25) is 5.91 Å². The lowest BCUT2D eigenvalue weighted by atomic mass is 10.1. The van der Waals surface area contributed by atoms with Gasteiger partial charge in [-0.3, -0.25) is 14.2 Å². The highest BCUT2D eigenvalue weighted by Gasteiger charge is 2.19. The number of hydrogen-bond donors (Lipinski definition) is 1. The number of carbonyl (C=O) groups is 1. The number of aryl methyl sites for hydroxylation is 1. The van der Waals surface area contributed by atoms with Crippen LogP contribution in [-0.2, 0) is 17.9 Å². The molecule has 2 aromatic carbocycles. The number of para-hydroxylation sites is 1. The van der Waals surface area contributed by atoms with Crippen LogP contribution in [0.3, 0.4) is 0 Å². The van der Waals surface area contributed by atoms with Gasteiger partial charge in [-0.1, -0.05) is 60.6 Å². The first-order chi connectivity index (χ1) is 13.5. The van der Waals surface area contributed by atoms with Gasteiger partial charge in [-0.25, -0.2) is 4.98 Å². The van der Waals surface area contributed by atoms with Gasteiger partial charge in [-0.05, 0) is 38.0 Å². The third-order valence-electron chi connectivity index (χ3n) is 4.51. The Morgan fingerprint density at radius 2 is 1.89 bits per heavy atom. The van der Waals surface area contributed by atoms with E-state index in [1.165, 1.54) is 17.3 Å². The summed E-state index contributed by atoms with van der Waals surface area (Å²) in [7, 11) is 0. The first-order valence-corrected chi connectivity index (χ1v) is 10.4. The SMILES string of the molecule is CCCn1c(SC(C)C(=O)NCc2ccc(C)cc2)nc2ccccc2c1=O. The maximum atomic E-state index is 12.8. The Morgan fingerprint density at radius 1 is 1.18 bits per heavy atom. The lowest BCUT2D eigenvalue weighted by Crippen LogP contribution is -2.31. The summed E-state index contributed by atoms with van der Waals surface area (Å²) in [5.41, 5.74) is 2.86. The molecule has 3 rings (SSSR count). The van der Waals surface area contributed by atoms with E-state index in [-0.39, 0.29) is 16.7 Å². The van der Waals surface area contributed by atoms with Gasteiger partial charge < -0.3 is 5.32 Å². The van der Waals surface area contributed by atoms with Crippen LogP contribution in [0.2, 0.25) is 0 Å². The topological polar surface area (TPSA) is 64.0 Å².